The van der Waals surface area contributed by atoms with Crippen molar-refractivity contribution in [2.75, 3.05) is 19.4 Å². The average molecular weight is 442 g/mol. The van der Waals surface area contributed by atoms with Crippen molar-refractivity contribution in [1.29, 1.82) is 0 Å². The maximum Gasteiger partial charge on any atom is 0.265 e. The first-order chi connectivity index (χ1) is 14.8. The second-order valence-electron chi connectivity index (χ2n) is 8.61. The molecule has 0 saturated heterocycles. The lowest BCUT2D eigenvalue weighted by molar-refractivity contribution is -0.121. The van der Waals surface area contributed by atoms with Gasteiger partial charge in [-0.2, -0.15) is 5.10 Å². The number of carbonyl (C=O) groups excluding carboxylic acids is 1. The van der Waals surface area contributed by atoms with Crippen LogP contribution < -0.4 is 15.6 Å². The summed E-state index contributed by atoms with van der Waals surface area (Å²) in [6, 6.07) is 7.56. The number of nitrogens with zero attached hydrogens (tertiary/aromatic N) is 4. The summed E-state index contributed by atoms with van der Waals surface area (Å²) in [7, 11) is 1.64. The summed E-state index contributed by atoms with van der Waals surface area (Å²) in [5, 5.41) is 8.48. The highest BCUT2D eigenvalue weighted by molar-refractivity contribution is 7.99. The molecule has 1 amide bonds. The molecule has 31 heavy (non-hydrogen) atoms. The topological polar surface area (TPSA) is 91.0 Å². The Morgan fingerprint density at radius 1 is 1.32 bits per heavy atom. The van der Waals surface area contributed by atoms with Crippen LogP contribution in [0.25, 0.3) is 11.0 Å². The van der Waals surface area contributed by atoms with Crippen LogP contribution in [0.5, 0.6) is 5.75 Å². The SMILES string of the molecule is COc1ccccc1CCNC(=O)CC1CSc2nc3c(cnn3C(C)(C)C)c(=O)n21. The third-order valence-corrected chi connectivity index (χ3v) is 6.43. The van der Waals surface area contributed by atoms with E-state index in [0.717, 1.165) is 11.3 Å². The molecule has 0 bridgehead atoms. The van der Waals surface area contributed by atoms with Gasteiger partial charge in [-0.3, -0.25) is 14.2 Å². The first kappa shape index (κ1) is 21.4. The molecule has 4 rings (SSSR count). The molecule has 1 unspecified atom stereocenters. The standard InChI is InChI=1S/C22H27N5O3S/c1-22(2,3)27-19-16(12-24-27)20(29)26-15(13-31-21(26)25-19)11-18(28)23-10-9-14-7-5-6-8-17(14)30-4/h5-8,12,15H,9-11,13H2,1-4H3,(H,23,28). The molecule has 0 fully saturated rings. The van der Waals surface area contributed by atoms with Crippen molar-refractivity contribution < 1.29 is 9.53 Å². The molecule has 164 valence electrons. The molecular weight excluding hydrogens is 414 g/mol. The van der Waals surface area contributed by atoms with Gasteiger partial charge in [0.1, 0.15) is 11.1 Å². The van der Waals surface area contributed by atoms with Gasteiger partial charge in [0.05, 0.1) is 24.9 Å². The van der Waals surface area contributed by atoms with Crippen LogP contribution in [0.3, 0.4) is 0 Å². The van der Waals surface area contributed by atoms with E-state index in [9.17, 15) is 9.59 Å². The number of aromatic nitrogens is 4. The van der Waals surface area contributed by atoms with Crippen LogP contribution in [0.1, 0.15) is 38.8 Å². The van der Waals surface area contributed by atoms with Crippen LogP contribution in [0.15, 0.2) is 40.4 Å². The fourth-order valence-corrected chi connectivity index (χ4v) is 4.93. The molecule has 0 saturated carbocycles. The van der Waals surface area contributed by atoms with E-state index in [0.29, 0.717) is 34.9 Å². The van der Waals surface area contributed by atoms with Crippen LogP contribution >= 0.6 is 11.8 Å². The normalized spacial score (nSPS) is 15.8. The summed E-state index contributed by atoms with van der Waals surface area (Å²) in [6.07, 6.45) is 2.50. The Labute approximate surface area is 185 Å². The number of hydrogen-bond donors (Lipinski definition) is 1. The highest BCUT2D eigenvalue weighted by atomic mass is 32.2. The smallest absolute Gasteiger partial charge is 0.265 e. The number of ether oxygens (including phenoxy) is 1. The molecule has 3 heterocycles. The van der Waals surface area contributed by atoms with E-state index < -0.39 is 0 Å². The van der Waals surface area contributed by atoms with E-state index in [-0.39, 0.29) is 29.5 Å². The predicted octanol–water partition coefficient (Wildman–Crippen LogP) is 2.75. The number of para-hydroxylation sites is 1. The van der Waals surface area contributed by atoms with Gasteiger partial charge < -0.3 is 10.1 Å². The van der Waals surface area contributed by atoms with Gasteiger partial charge in [-0.05, 0) is 38.8 Å². The van der Waals surface area contributed by atoms with Gasteiger partial charge in [-0.15, -0.1) is 0 Å². The van der Waals surface area contributed by atoms with Crippen molar-refractivity contribution >= 4 is 28.7 Å². The molecule has 1 N–H and O–H groups in total. The molecule has 1 atom stereocenters. The van der Waals surface area contributed by atoms with E-state index in [1.54, 1.807) is 22.6 Å². The van der Waals surface area contributed by atoms with Crippen LogP contribution in [0.4, 0.5) is 0 Å². The Morgan fingerprint density at radius 2 is 2.10 bits per heavy atom. The van der Waals surface area contributed by atoms with Crippen LogP contribution in [-0.2, 0) is 16.8 Å². The Kier molecular flexibility index (Phi) is 5.79. The number of amides is 1. The van der Waals surface area contributed by atoms with Crippen LogP contribution in [-0.4, -0.2) is 44.6 Å². The molecule has 2 aromatic heterocycles. The number of methoxy groups -OCH3 is 1. The van der Waals surface area contributed by atoms with Crippen LogP contribution in [0.2, 0.25) is 0 Å². The fraction of sp³-hybridized carbons (Fsp3) is 0.455. The molecule has 1 aliphatic heterocycles. The summed E-state index contributed by atoms with van der Waals surface area (Å²) in [5.41, 5.74) is 1.24. The summed E-state index contributed by atoms with van der Waals surface area (Å²) in [6.45, 7) is 6.59. The Hall–Kier alpha value is -2.81. The molecular formula is C22H27N5O3S. The largest absolute Gasteiger partial charge is 0.496 e. The number of carbonyl (C=O) groups is 1. The van der Waals surface area contributed by atoms with Gasteiger partial charge in [0.2, 0.25) is 5.91 Å². The molecule has 0 spiro atoms. The van der Waals surface area contributed by atoms with Crippen molar-refractivity contribution in [2.24, 2.45) is 0 Å². The summed E-state index contributed by atoms with van der Waals surface area (Å²) < 4.78 is 8.79. The monoisotopic (exact) mass is 441 g/mol. The van der Waals surface area contributed by atoms with E-state index >= 15 is 0 Å². The third-order valence-electron chi connectivity index (χ3n) is 5.34. The zero-order valence-electron chi connectivity index (χ0n) is 18.2. The zero-order valence-corrected chi connectivity index (χ0v) is 19.0. The molecule has 3 aromatic rings. The maximum absolute atomic E-state index is 13.1. The van der Waals surface area contributed by atoms with Crippen molar-refractivity contribution in [3.05, 3.63) is 46.4 Å². The highest BCUT2D eigenvalue weighted by Gasteiger charge is 2.30. The van der Waals surface area contributed by atoms with Gasteiger partial charge >= 0.3 is 0 Å². The third kappa shape index (κ3) is 4.19. The van der Waals surface area contributed by atoms with Gasteiger partial charge in [0.15, 0.2) is 10.8 Å². The van der Waals surface area contributed by atoms with Gasteiger partial charge in [-0.25, -0.2) is 9.67 Å². The predicted molar refractivity (Wildman–Crippen MR) is 121 cm³/mol. The summed E-state index contributed by atoms with van der Waals surface area (Å²) >= 11 is 1.51. The molecule has 1 aromatic carbocycles. The first-order valence-electron chi connectivity index (χ1n) is 10.3. The minimum absolute atomic E-state index is 0.0780. The second kappa shape index (κ2) is 8.37. The Bertz CT molecular complexity index is 1180. The molecule has 9 heteroatoms. The number of hydrogen-bond acceptors (Lipinski definition) is 6. The van der Waals surface area contributed by atoms with Crippen molar-refractivity contribution in [1.82, 2.24) is 24.6 Å². The number of nitrogens with one attached hydrogen (secondary N) is 1. The lowest BCUT2D eigenvalue weighted by Crippen LogP contribution is -2.32. The molecule has 0 aliphatic carbocycles. The quantitative estimate of drug-likeness (QED) is 0.592. The number of benzene rings is 1. The second-order valence-corrected chi connectivity index (χ2v) is 9.60. The minimum atomic E-state index is -0.274. The summed E-state index contributed by atoms with van der Waals surface area (Å²) in [4.78, 5) is 30.4. The lowest BCUT2D eigenvalue weighted by atomic mass is 10.1. The number of fused-ring (bicyclic) bond motifs is 2. The fourth-order valence-electron chi connectivity index (χ4n) is 3.80. The highest BCUT2D eigenvalue weighted by Crippen LogP contribution is 2.33. The zero-order chi connectivity index (χ0) is 22.2. The average Bonchev–Trinajstić information content (AvgIpc) is 3.33. The van der Waals surface area contributed by atoms with E-state index in [1.165, 1.54) is 11.8 Å². The molecule has 1 aliphatic rings. The number of rotatable bonds is 6. The van der Waals surface area contributed by atoms with E-state index in [2.05, 4.69) is 10.4 Å². The van der Waals surface area contributed by atoms with Crippen molar-refractivity contribution in [3.8, 4) is 5.75 Å². The molecule has 0 radical (unpaired) electrons. The lowest BCUT2D eigenvalue weighted by Gasteiger charge is -2.20. The molecule has 8 nitrogen and oxygen atoms in total. The minimum Gasteiger partial charge on any atom is -0.496 e. The van der Waals surface area contributed by atoms with Crippen LogP contribution in [0, 0.1) is 0 Å². The van der Waals surface area contributed by atoms with E-state index in [1.807, 2.05) is 45.0 Å². The van der Waals surface area contributed by atoms with Gasteiger partial charge in [0, 0.05) is 18.7 Å². The van der Waals surface area contributed by atoms with Crippen molar-refractivity contribution in [2.45, 2.75) is 50.4 Å². The summed E-state index contributed by atoms with van der Waals surface area (Å²) in [5.74, 6) is 1.39. The van der Waals surface area contributed by atoms with Gasteiger partial charge in [-0.1, -0.05) is 30.0 Å². The number of thioether (sulfide) groups is 1. The Morgan fingerprint density at radius 3 is 2.84 bits per heavy atom. The Balaban J connectivity index is 1.46. The van der Waals surface area contributed by atoms with E-state index in [4.69, 9.17) is 9.72 Å². The van der Waals surface area contributed by atoms with Crippen molar-refractivity contribution in [3.63, 3.8) is 0 Å². The van der Waals surface area contributed by atoms with Gasteiger partial charge in [0.25, 0.3) is 5.56 Å². The first-order valence-corrected chi connectivity index (χ1v) is 11.3. The maximum atomic E-state index is 13.1.